The van der Waals surface area contributed by atoms with E-state index >= 15 is 0 Å². The Hall–Kier alpha value is -3.05. The Morgan fingerprint density at radius 1 is 1.10 bits per heavy atom. The number of benzene rings is 2. The van der Waals surface area contributed by atoms with Crippen LogP contribution in [0.4, 0.5) is 5.69 Å². The molecule has 2 aromatic carbocycles. The summed E-state index contributed by atoms with van der Waals surface area (Å²) in [5.74, 6) is 1.17. The minimum absolute atomic E-state index is 0.00398. The van der Waals surface area contributed by atoms with Gasteiger partial charge in [-0.05, 0) is 48.7 Å². The van der Waals surface area contributed by atoms with Crippen molar-refractivity contribution in [2.45, 2.75) is 37.7 Å². The molecule has 1 saturated carbocycles. The predicted molar refractivity (Wildman–Crippen MR) is 122 cm³/mol. The molecule has 1 aliphatic carbocycles. The first kappa shape index (κ1) is 21.2. The standard InChI is InChI=1S/C25H25ClN2O3/c1-30-22-11-10-21(15-23(22)31-17-18-5-4-14-27-16-18)28-24(29)25(12-2-3-13-25)19-6-8-20(26)9-7-19/h4-11,14-16H,2-3,12-13,17H2,1H3,(H,28,29). The number of hydrogen-bond acceptors (Lipinski definition) is 4. The Balaban J connectivity index is 1.55. The number of rotatable bonds is 7. The van der Waals surface area contributed by atoms with Crippen LogP contribution in [-0.4, -0.2) is 18.0 Å². The van der Waals surface area contributed by atoms with E-state index in [9.17, 15) is 4.79 Å². The van der Waals surface area contributed by atoms with E-state index < -0.39 is 5.41 Å². The number of aromatic nitrogens is 1. The molecule has 3 aromatic rings. The SMILES string of the molecule is COc1ccc(NC(=O)C2(c3ccc(Cl)cc3)CCCC2)cc1OCc1cccnc1. The quantitative estimate of drug-likeness (QED) is 0.510. The number of pyridine rings is 1. The highest BCUT2D eigenvalue weighted by Gasteiger charge is 2.42. The molecule has 6 heteroatoms. The summed E-state index contributed by atoms with van der Waals surface area (Å²) < 4.78 is 11.4. The van der Waals surface area contributed by atoms with Crippen molar-refractivity contribution in [3.63, 3.8) is 0 Å². The number of halogens is 1. The molecule has 0 radical (unpaired) electrons. The number of anilines is 1. The van der Waals surface area contributed by atoms with Crippen LogP contribution >= 0.6 is 11.6 Å². The van der Waals surface area contributed by atoms with Gasteiger partial charge in [-0.15, -0.1) is 0 Å². The van der Waals surface area contributed by atoms with Gasteiger partial charge in [0.25, 0.3) is 0 Å². The van der Waals surface area contributed by atoms with Gasteiger partial charge in [0.05, 0.1) is 12.5 Å². The first-order chi connectivity index (χ1) is 15.1. The maximum Gasteiger partial charge on any atom is 0.235 e. The molecule has 1 amide bonds. The maximum atomic E-state index is 13.4. The average molecular weight is 437 g/mol. The number of nitrogens with one attached hydrogen (secondary N) is 1. The van der Waals surface area contributed by atoms with Gasteiger partial charge < -0.3 is 14.8 Å². The summed E-state index contributed by atoms with van der Waals surface area (Å²) in [4.78, 5) is 17.5. The molecule has 0 saturated heterocycles. The van der Waals surface area contributed by atoms with E-state index in [1.54, 1.807) is 31.6 Å². The lowest BCUT2D eigenvalue weighted by molar-refractivity contribution is -0.121. The van der Waals surface area contributed by atoms with Crippen LogP contribution in [0.15, 0.2) is 67.0 Å². The molecule has 0 unspecified atom stereocenters. The third kappa shape index (κ3) is 4.67. The fourth-order valence-electron chi connectivity index (χ4n) is 4.16. The van der Waals surface area contributed by atoms with E-state index in [0.717, 1.165) is 36.8 Å². The maximum absolute atomic E-state index is 13.4. The molecule has 4 rings (SSSR count). The Kier molecular flexibility index (Phi) is 6.42. The Bertz CT molecular complexity index is 1030. The van der Waals surface area contributed by atoms with Crippen molar-refractivity contribution in [2.24, 2.45) is 0 Å². The first-order valence-electron chi connectivity index (χ1n) is 10.4. The van der Waals surface area contributed by atoms with Crippen LogP contribution in [0.2, 0.25) is 5.02 Å². The number of ether oxygens (including phenoxy) is 2. The lowest BCUT2D eigenvalue weighted by atomic mass is 9.78. The fourth-order valence-corrected chi connectivity index (χ4v) is 4.28. The average Bonchev–Trinajstić information content (AvgIpc) is 3.30. The largest absolute Gasteiger partial charge is 0.493 e. The number of nitrogens with zero attached hydrogens (tertiary/aromatic N) is 1. The second kappa shape index (κ2) is 9.40. The topological polar surface area (TPSA) is 60.5 Å². The number of carbonyl (C=O) groups excluding carboxylic acids is 1. The van der Waals surface area contributed by atoms with Gasteiger partial charge in [-0.25, -0.2) is 0 Å². The highest BCUT2D eigenvalue weighted by molar-refractivity contribution is 6.30. The van der Waals surface area contributed by atoms with Gasteiger partial charge >= 0.3 is 0 Å². The summed E-state index contributed by atoms with van der Waals surface area (Å²) >= 11 is 6.06. The highest BCUT2D eigenvalue weighted by atomic mass is 35.5. The predicted octanol–water partition coefficient (Wildman–Crippen LogP) is 5.77. The Morgan fingerprint density at radius 3 is 2.55 bits per heavy atom. The summed E-state index contributed by atoms with van der Waals surface area (Å²) in [7, 11) is 1.60. The van der Waals surface area contributed by atoms with Crippen molar-refractivity contribution >= 4 is 23.2 Å². The number of carbonyl (C=O) groups is 1. The number of amides is 1. The van der Waals surface area contributed by atoms with Gasteiger partial charge in [0, 0.05) is 34.7 Å². The Labute approximate surface area is 187 Å². The number of methoxy groups -OCH3 is 1. The van der Waals surface area contributed by atoms with Crippen LogP contribution in [0.1, 0.15) is 36.8 Å². The lowest BCUT2D eigenvalue weighted by Crippen LogP contribution is -2.37. The van der Waals surface area contributed by atoms with Gasteiger partial charge in [0.1, 0.15) is 6.61 Å². The zero-order valence-corrected chi connectivity index (χ0v) is 18.2. The minimum atomic E-state index is -0.540. The molecule has 0 spiro atoms. The number of hydrogen-bond donors (Lipinski definition) is 1. The summed E-state index contributed by atoms with van der Waals surface area (Å²) in [5, 5.41) is 3.78. The normalized spacial score (nSPS) is 14.8. The lowest BCUT2D eigenvalue weighted by Gasteiger charge is -2.28. The molecule has 0 atom stereocenters. The molecule has 5 nitrogen and oxygen atoms in total. The summed E-state index contributed by atoms with van der Waals surface area (Å²) in [6.45, 7) is 0.357. The zero-order valence-electron chi connectivity index (χ0n) is 17.4. The third-order valence-electron chi connectivity index (χ3n) is 5.83. The molecule has 1 aliphatic rings. The molecule has 1 N–H and O–H groups in total. The van der Waals surface area contributed by atoms with E-state index in [2.05, 4.69) is 10.3 Å². The zero-order chi connectivity index (χ0) is 21.7. The van der Waals surface area contributed by atoms with E-state index in [4.69, 9.17) is 21.1 Å². The van der Waals surface area contributed by atoms with Gasteiger partial charge in [0.15, 0.2) is 11.5 Å². The van der Waals surface area contributed by atoms with Crippen LogP contribution in [0, 0.1) is 0 Å². The highest BCUT2D eigenvalue weighted by Crippen LogP contribution is 2.42. The van der Waals surface area contributed by atoms with Gasteiger partial charge in [-0.1, -0.05) is 42.6 Å². The van der Waals surface area contributed by atoms with Crippen LogP contribution < -0.4 is 14.8 Å². The molecule has 1 aromatic heterocycles. The summed E-state index contributed by atoms with van der Waals surface area (Å²) in [6.07, 6.45) is 7.17. The van der Waals surface area contributed by atoms with Gasteiger partial charge in [-0.3, -0.25) is 9.78 Å². The molecule has 31 heavy (non-hydrogen) atoms. The third-order valence-corrected chi connectivity index (χ3v) is 6.08. The fraction of sp³-hybridized carbons (Fsp3) is 0.280. The van der Waals surface area contributed by atoms with Crippen molar-refractivity contribution in [3.05, 3.63) is 83.1 Å². The van der Waals surface area contributed by atoms with E-state index in [-0.39, 0.29) is 5.91 Å². The Morgan fingerprint density at radius 2 is 1.87 bits per heavy atom. The van der Waals surface area contributed by atoms with E-state index in [1.807, 2.05) is 42.5 Å². The molecule has 0 bridgehead atoms. The minimum Gasteiger partial charge on any atom is -0.493 e. The van der Waals surface area contributed by atoms with Crippen LogP contribution in [0.3, 0.4) is 0 Å². The monoisotopic (exact) mass is 436 g/mol. The molecular formula is C25H25ClN2O3. The second-order valence-corrected chi connectivity index (χ2v) is 8.20. The molecule has 160 valence electrons. The smallest absolute Gasteiger partial charge is 0.235 e. The molecule has 1 heterocycles. The van der Waals surface area contributed by atoms with Gasteiger partial charge in [-0.2, -0.15) is 0 Å². The summed E-state index contributed by atoms with van der Waals surface area (Å²) in [6, 6.07) is 16.9. The molecular weight excluding hydrogens is 412 g/mol. The van der Waals surface area contributed by atoms with Crippen LogP contribution in [-0.2, 0) is 16.8 Å². The van der Waals surface area contributed by atoms with Gasteiger partial charge in [0.2, 0.25) is 5.91 Å². The van der Waals surface area contributed by atoms with Crippen molar-refractivity contribution in [2.75, 3.05) is 12.4 Å². The van der Waals surface area contributed by atoms with E-state index in [0.29, 0.717) is 28.8 Å². The van der Waals surface area contributed by atoms with E-state index in [1.165, 1.54) is 0 Å². The van der Waals surface area contributed by atoms with Crippen molar-refractivity contribution in [3.8, 4) is 11.5 Å². The van der Waals surface area contributed by atoms with Crippen LogP contribution in [0.25, 0.3) is 0 Å². The van der Waals surface area contributed by atoms with Crippen molar-refractivity contribution in [1.29, 1.82) is 0 Å². The second-order valence-electron chi connectivity index (χ2n) is 7.77. The van der Waals surface area contributed by atoms with Crippen molar-refractivity contribution in [1.82, 2.24) is 4.98 Å². The summed E-state index contributed by atoms with van der Waals surface area (Å²) in [5.41, 5.74) is 2.09. The molecule has 1 fully saturated rings. The van der Waals surface area contributed by atoms with Crippen LogP contribution in [0.5, 0.6) is 11.5 Å². The molecule has 0 aliphatic heterocycles. The first-order valence-corrected chi connectivity index (χ1v) is 10.8. The van der Waals surface area contributed by atoms with Crippen molar-refractivity contribution < 1.29 is 14.3 Å².